The maximum absolute atomic E-state index is 9.44. The first kappa shape index (κ1) is 13.5. The molecule has 0 saturated carbocycles. The fourth-order valence-electron chi connectivity index (χ4n) is 1.96. The highest BCUT2D eigenvalue weighted by Crippen LogP contribution is 2.36. The minimum absolute atomic E-state index is 0.0505. The van der Waals surface area contributed by atoms with Crippen LogP contribution in [-0.2, 0) is 13.2 Å². The summed E-state index contributed by atoms with van der Waals surface area (Å²) in [6, 6.07) is 11.2. The average Bonchev–Trinajstić information content (AvgIpc) is 2.41. The topological polar surface area (TPSA) is 40.5 Å². The van der Waals surface area contributed by atoms with Crippen LogP contribution in [-0.4, -0.2) is 10.2 Å². The van der Waals surface area contributed by atoms with Crippen molar-refractivity contribution >= 4 is 25.3 Å². The van der Waals surface area contributed by atoms with Gasteiger partial charge in [-0.05, 0) is 22.8 Å². The van der Waals surface area contributed by atoms with E-state index in [-0.39, 0.29) is 13.2 Å². The molecule has 2 aromatic carbocycles. The predicted octanol–water partition coefficient (Wildman–Crippen LogP) is 2.92. The van der Waals surface area contributed by atoms with Crippen LogP contribution < -0.4 is 0 Å². The van der Waals surface area contributed by atoms with Crippen molar-refractivity contribution in [1.29, 1.82) is 0 Å². The second kappa shape index (κ2) is 5.80. The number of hydrogen-bond acceptors (Lipinski definition) is 4. The monoisotopic (exact) mass is 278 g/mol. The van der Waals surface area contributed by atoms with Crippen LogP contribution in [0.2, 0.25) is 0 Å². The maximum atomic E-state index is 9.44. The molecule has 0 amide bonds. The van der Waals surface area contributed by atoms with E-state index < -0.39 is 0 Å². The van der Waals surface area contributed by atoms with Gasteiger partial charge >= 0.3 is 0 Å². The van der Waals surface area contributed by atoms with E-state index in [1.807, 2.05) is 36.4 Å². The second-order valence-electron chi connectivity index (χ2n) is 3.94. The van der Waals surface area contributed by atoms with Gasteiger partial charge in [-0.25, -0.2) is 0 Å². The summed E-state index contributed by atoms with van der Waals surface area (Å²) in [6.07, 6.45) is 0. The lowest BCUT2D eigenvalue weighted by Crippen LogP contribution is -1.96. The van der Waals surface area contributed by atoms with E-state index in [9.17, 15) is 10.2 Å². The van der Waals surface area contributed by atoms with Gasteiger partial charge in [0.1, 0.15) is 0 Å². The fraction of sp³-hybridized carbons (Fsp3) is 0.143. The van der Waals surface area contributed by atoms with Crippen molar-refractivity contribution < 1.29 is 10.2 Å². The van der Waals surface area contributed by atoms with Gasteiger partial charge in [0.05, 0.1) is 13.2 Å². The summed E-state index contributed by atoms with van der Waals surface area (Å²) in [6.45, 7) is -0.123. The number of benzene rings is 2. The van der Waals surface area contributed by atoms with Gasteiger partial charge in [0.15, 0.2) is 0 Å². The standard InChI is InChI=1S/C14H14O2S2/c15-7-9-3-1-2-4-11(9)13-10(8-16)5-6-12(17)14(13)18/h1-6,15-18H,7-8H2. The average molecular weight is 278 g/mol. The molecule has 0 aliphatic carbocycles. The first-order chi connectivity index (χ1) is 8.69. The Kier molecular flexibility index (Phi) is 4.35. The molecule has 18 heavy (non-hydrogen) atoms. The highest BCUT2D eigenvalue weighted by molar-refractivity contribution is 7.83. The molecule has 2 nitrogen and oxygen atoms in total. The number of rotatable bonds is 3. The number of aliphatic hydroxyl groups is 2. The molecule has 0 saturated heterocycles. The molecule has 2 aromatic rings. The Morgan fingerprint density at radius 1 is 0.833 bits per heavy atom. The van der Waals surface area contributed by atoms with E-state index in [2.05, 4.69) is 25.3 Å². The van der Waals surface area contributed by atoms with E-state index in [1.54, 1.807) is 0 Å². The van der Waals surface area contributed by atoms with Crippen molar-refractivity contribution in [2.24, 2.45) is 0 Å². The SMILES string of the molecule is OCc1ccccc1-c1c(CO)ccc(S)c1S. The molecule has 0 aromatic heterocycles. The zero-order valence-corrected chi connectivity index (χ0v) is 11.5. The predicted molar refractivity (Wildman–Crippen MR) is 78.2 cm³/mol. The minimum Gasteiger partial charge on any atom is -0.392 e. The van der Waals surface area contributed by atoms with Crippen LogP contribution in [0.1, 0.15) is 11.1 Å². The van der Waals surface area contributed by atoms with Crippen molar-refractivity contribution in [3.05, 3.63) is 47.5 Å². The van der Waals surface area contributed by atoms with Crippen LogP contribution in [0.5, 0.6) is 0 Å². The Balaban J connectivity index is 2.73. The normalized spacial score (nSPS) is 10.7. The molecule has 0 heterocycles. The highest BCUT2D eigenvalue weighted by Gasteiger charge is 2.13. The lowest BCUT2D eigenvalue weighted by Gasteiger charge is -2.15. The first-order valence-electron chi connectivity index (χ1n) is 5.52. The van der Waals surface area contributed by atoms with Gasteiger partial charge in [-0.2, -0.15) is 0 Å². The molecule has 0 unspecified atom stereocenters. The molecule has 4 heteroatoms. The maximum Gasteiger partial charge on any atom is 0.0688 e. The van der Waals surface area contributed by atoms with E-state index in [0.29, 0.717) is 4.90 Å². The van der Waals surface area contributed by atoms with Gasteiger partial charge in [-0.15, -0.1) is 25.3 Å². The number of thiol groups is 2. The minimum atomic E-state index is -0.0727. The van der Waals surface area contributed by atoms with Gasteiger partial charge in [-0.1, -0.05) is 30.3 Å². The van der Waals surface area contributed by atoms with E-state index in [0.717, 1.165) is 27.1 Å². The fourth-order valence-corrected chi connectivity index (χ4v) is 2.48. The third-order valence-corrected chi connectivity index (χ3v) is 3.88. The van der Waals surface area contributed by atoms with Crippen LogP contribution in [0.4, 0.5) is 0 Å². The van der Waals surface area contributed by atoms with Gasteiger partial charge < -0.3 is 10.2 Å². The van der Waals surface area contributed by atoms with E-state index >= 15 is 0 Å². The molecular weight excluding hydrogens is 264 g/mol. The van der Waals surface area contributed by atoms with Crippen molar-refractivity contribution in [3.8, 4) is 11.1 Å². The quantitative estimate of drug-likeness (QED) is 0.652. The third-order valence-electron chi connectivity index (χ3n) is 2.87. The molecule has 94 valence electrons. The second-order valence-corrected chi connectivity index (χ2v) is 4.87. The molecule has 2 N–H and O–H groups in total. The van der Waals surface area contributed by atoms with E-state index in [4.69, 9.17) is 0 Å². The van der Waals surface area contributed by atoms with Crippen molar-refractivity contribution in [2.75, 3.05) is 0 Å². The lowest BCUT2D eigenvalue weighted by atomic mass is 9.96. The van der Waals surface area contributed by atoms with Crippen molar-refractivity contribution in [2.45, 2.75) is 23.0 Å². The lowest BCUT2D eigenvalue weighted by molar-refractivity contribution is 0.280. The smallest absolute Gasteiger partial charge is 0.0688 e. The Labute approximate surface area is 117 Å². The Morgan fingerprint density at radius 2 is 1.50 bits per heavy atom. The summed E-state index contributed by atoms with van der Waals surface area (Å²) in [4.78, 5) is 1.46. The summed E-state index contributed by atoms with van der Waals surface area (Å²) >= 11 is 8.81. The molecule has 0 aliphatic rings. The molecule has 0 fully saturated rings. The first-order valence-corrected chi connectivity index (χ1v) is 6.42. The molecule has 2 rings (SSSR count). The molecule has 0 radical (unpaired) electrons. The van der Waals surface area contributed by atoms with Crippen molar-refractivity contribution in [3.63, 3.8) is 0 Å². The molecular formula is C14H14O2S2. The summed E-state index contributed by atoms with van der Waals surface area (Å²) < 4.78 is 0. The zero-order chi connectivity index (χ0) is 13.1. The Bertz CT molecular complexity index is 568. The van der Waals surface area contributed by atoms with Crippen LogP contribution >= 0.6 is 25.3 Å². The van der Waals surface area contributed by atoms with E-state index in [1.165, 1.54) is 0 Å². The van der Waals surface area contributed by atoms with Gasteiger partial charge in [-0.3, -0.25) is 0 Å². The summed E-state index contributed by atoms with van der Waals surface area (Å²) in [5.41, 5.74) is 3.29. The van der Waals surface area contributed by atoms with Gasteiger partial charge in [0, 0.05) is 15.4 Å². The largest absolute Gasteiger partial charge is 0.392 e. The molecule has 0 bridgehead atoms. The third kappa shape index (κ3) is 2.42. The summed E-state index contributed by atoms with van der Waals surface area (Å²) in [7, 11) is 0. The molecule has 0 spiro atoms. The van der Waals surface area contributed by atoms with Crippen LogP contribution in [0.15, 0.2) is 46.2 Å². The number of aliphatic hydroxyl groups excluding tert-OH is 2. The zero-order valence-electron chi connectivity index (χ0n) is 9.67. The molecule has 0 aliphatic heterocycles. The Hall–Kier alpha value is -0.940. The molecule has 0 atom stereocenters. The highest BCUT2D eigenvalue weighted by atomic mass is 32.1. The van der Waals surface area contributed by atoms with Crippen LogP contribution in [0.25, 0.3) is 11.1 Å². The van der Waals surface area contributed by atoms with Crippen molar-refractivity contribution in [1.82, 2.24) is 0 Å². The number of hydrogen-bond donors (Lipinski definition) is 4. The summed E-state index contributed by atoms with van der Waals surface area (Å²) in [5.74, 6) is 0. The van der Waals surface area contributed by atoms with Gasteiger partial charge in [0.2, 0.25) is 0 Å². The van der Waals surface area contributed by atoms with Gasteiger partial charge in [0.25, 0.3) is 0 Å². The summed E-state index contributed by atoms with van der Waals surface area (Å²) in [5, 5.41) is 18.8. The van der Waals surface area contributed by atoms with Crippen LogP contribution in [0, 0.1) is 0 Å². The van der Waals surface area contributed by atoms with Crippen LogP contribution in [0.3, 0.4) is 0 Å². The Morgan fingerprint density at radius 3 is 2.17 bits per heavy atom.